The fraction of sp³-hybridized carbons (Fsp3) is 0.111. The van der Waals surface area contributed by atoms with Crippen molar-refractivity contribution < 1.29 is 14.3 Å². The van der Waals surface area contributed by atoms with Crippen LogP contribution in [0.2, 0.25) is 5.02 Å². The molecular weight excluding hydrogens is 472 g/mol. The fourth-order valence-corrected chi connectivity index (χ4v) is 3.52. The zero-order chi connectivity index (χ0) is 19.0. The van der Waals surface area contributed by atoms with Gasteiger partial charge >= 0.3 is 5.97 Å². The third kappa shape index (κ3) is 3.68. The molecule has 8 heteroatoms. The van der Waals surface area contributed by atoms with E-state index in [0.717, 1.165) is 9.64 Å². The lowest BCUT2D eigenvalue weighted by atomic mass is 10.1. The monoisotopic (exact) mass is 485 g/mol. The molecule has 2 aromatic carbocycles. The van der Waals surface area contributed by atoms with E-state index in [1.165, 1.54) is 10.7 Å². The van der Waals surface area contributed by atoms with Crippen LogP contribution in [0.4, 0.5) is 15.8 Å². The van der Waals surface area contributed by atoms with E-state index in [1.807, 2.05) is 6.07 Å². The standard InChI is InChI=1S/C18H14ClFIN3O2/c1-9-5-10(2)24(23-9)17-7-12(18(25)26)16(8-14(17)20)22-15-4-3-11(21)6-13(15)19/h3-8,22H,1-2H3,(H,25,26). The van der Waals surface area contributed by atoms with Gasteiger partial charge in [0, 0.05) is 15.3 Å². The maximum Gasteiger partial charge on any atom is 0.337 e. The first-order valence-electron chi connectivity index (χ1n) is 7.59. The highest BCUT2D eigenvalue weighted by atomic mass is 127. The molecule has 26 heavy (non-hydrogen) atoms. The highest BCUT2D eigenvalue weighted by Gasteiger charge is 2.18. The minimum atomic E-state index is -1.18. The predicted molar refractivity (Wildman–Crippen MR) is 107 cm³/mol. The van der Waals surface area contributed by atoms with Crippen LogP contribution in [0.5, 0.6) is 0 Å². The smallest absolute Gasteiger partial charge is 0.337 e. The van der Waals surface area contributed by atoms with Crippen LogP contribution >= 0.6 is 34.2 Å². The summed E-state index contributed by atoms with van der Waals surface area (Å²) in [6.07, 6.45) is 0. The molecule has 0 aliphatic heterocycles. The summed E-state index contributed by atoms with van der Waals surface area (Å²) >= 11 is 8.29. The molecule has 134 valence electrons. The Balaban J connectivity index is 2.10. The Morgan fingerprint density at radius 3 is 2.54 bits per heavy atom. The van der Waals surface area contributed by atoms with Gasteiger partial charge in [-0.2, -0.15) is 5.10 Å². The number of nitrogens with one attached hydrogen (secondary N) is 1. The Morgan fingerprint density at radius 1 is 1.23 bits per heavy atom. The number of nitrogens with zero attached hydrogens (tertiary/aromatic N) is 2. The molecule has 0 bridgehead atoms. The molecule has 0 fully saturated rings. The van der Waals surface area contributed by atoms with Crippen LogP contribution in [0.3, 0.4) is 0 Å². The number of hydrogen-bond donors (Lipinski definition) is 2. The quantitative estimate of drug-likeness (QED) is 0.490. The van der Waals surface area contributed by atoms with Gasteiger partial charge in [-0.3, -0.25) is 0 Å². The second kappa shape index (κ2) is 7.24. The van der Waals surface area contributed by atoms with Crippen molar-refractivity contribution in [3.8, 4) is 5.69 Å². The first-order chi connectivity index (χ1) is 12.3. The highest BCUT2D eigenvalue weighted by molar-refractivity contribution is 14.1. The van der Waals surface area contributed by atoms with Crippen molar-refractivity contribution in [2.75, 3.05) is 5.32 Å². The minimum Gasteiger partial charge on any atom is -0.478 e. The number of benzene rings is 2. The average molecular weight is 486 g/mol. The summed E-state index contributed by atoms with van der Waals surface area (Å²) in [6.45, 7) is 3.56. The molecule has 3 rings (SSSR count). The first kappa shape index (κ1) is 18.7. The largest absolute Gasteiger partial charge is 0.478 e. The number of carboxylic acid groups (broad SMARTS) is 1. The molecule has 0 saturated carbocycles. The van der Waals surface area contributed by atoms with Crippen LogP contribution in [0.1, 0.15) is 21.7 Å². The van der Waals surface area contributed by atoms with Gasteiger partial charge in [0.1, 0.15) is 5.69 Å². The number of carbonyl (C=O) groups is 1. The van der Waals surface area contributed by atoms with Gasteiger partial charge in [-0.05, 0) is 66.8 Å². The molecule has 0 unspecified atom stereocenters. The third-order valence-corrected chi connectivity index (χ3v) is 4.74. The lowest BCUT2D eigenvalue weighted by Gasteiger charge is -2.14. The van der Waals surface area contributed by atoms with Crippen molar-refractivity contribution in [2.24, 2.45) is 0 Å². The number of aromatic carboxylic acids is 1. The summed E-state index contributed by atoms with van der Waals surface area (Å²) in [5.41, 5.74) is 2.03. The highest BCUT2D eigenvalue weighted by Crippen LogP contribution is 2.31. The zero-order valence-corrected chi connectivity index (χ0v) is 16.8. The van der Waals surface area contributed by atoms with E-state index in [4.69, 9.17) is 11.6 Å². The van der Waals surface area contributed by atoms with Crippen LogP contribution < -0.4 is 5.32 Å². The number of aromatic nitrogens is 2. The number of anilines is 2. The summed E-state index contributed by atoms with van der Waals surface area (Å²) in [5.74, 6) is -1.78. The summed E-state index contributed by atoms with van der Waals surface area (Å²) < 4.78 is 17.0. The van der Waals surface area contributed by atoms with Crippen LogP contribution in [0.25, 0.3) is 5.69 Å². The molecule has 5 nitrogen and oxygen atoms in total. The second-order valence-electron chi connectivity index (χ2n) is 5.74. The fourth-order valence-electron chi connectivity index (χ4n) is 2.61. The Labute approximate surface area is 167 Å². The molecule has 0 radical (unpaired) electrons. The van der Waals surface area contributed by atoms with Crippen LogP contribution in [0.15, 0.2) is 36.4 Å². The Kier molecular flexibility index (Phi) is 5.19. The van der Waals surface area contributed by atoms with Gasteiger partial charge in [-0.15, -0.1) is 0 Å². The van der Waals surface area contributed by atoms with Crippen molar-refractivity contribution in [1.82, 2.24) is 9.78 Å². The van der Waals surface area contributed by atoms with E-state index in [9.17, 15) is 14.3 Å². The van der Waals surface area contributed by atoms with Crippen molar-refractivity contribution in [2.45, 2.75) is 13.8 Å². The number of hydrogen-bond acceptors (Lipinski definition) is 3. The van der Waals surface area contributed by atoms with Crippen molar-refractivity contribution in [1.29, 1.82) is 0 Å². The van der Waals surface area contributed by atoms with Crippen molar-refractivity contribution in [3.05, 3.63) is 67.8 Å². The molecule has 2 N–H and O–H groups in total. The molecule has 0 aliphatic carbocycles. The Morgan fingerprint density at radius 2 is 1.96 bits per heavy atom. The number of carboxylic acids is 1. The van der Waals surface area contributed by atoms with E-state index in [1.54, 1.807) is 32.0 Å². The molecule has 0 aliphatic rings. The summed E-state index contributed by atoms with van der Waals surface area (Å²) in [5, 5.41) is 17.1. The van der Waals surface area contributed by atoms with Crippen LogP contribution in [-0.4, -0.2) is 20.9 Å². The summed E-state index contributed by atoms with van der Waals surface area (Å²) in [6, 6.07) is 9.45. The van der Waals surface area contributed by atoms with E-state index in [-0.39, 0.29) is 16.9 Å². The SMILES string of the molecule is Cc1cc(C)n(-c2cc(C(=O)O)c(Nc3ccc(I)cc3Cl)cc2F)n1. The van der Waals surface area contributed by atoms with Crippen molar-refractivity contribution in [3.63, 3.8) is 0 Å². The van der Waals surface area contributed by atoms with Gasteiger partial charge in [-0.1, -0.05) is 11.6 Å². The maximum absolute atomic E-state index is 14.7. The van der Waals surface area contributed by atoms with E-state index in [0.29, 0.717) is 22.1 Å². The van der Waals surface area contributed by atoms with Crippen molar-refractivity contribution >= 4 is 51.5 Å². The minimum absolute atomic E-state index is 0.0762. The molecule has 1 heterocycles. The summed E-state index contributed by atoms with van der Waals surface area (Å²) in [7, 11) is 0. The van der Waals surface area contributed by atoms with E-state index >= 15 is 0 Å². The van der Waals surface area contributed by atoms with E-state index < -0.39 is 11.8 Å². The van der Waals surface area contributed by atoms with Gasteiger partial charge in [0.25, 0.3) is 0 Å². The zero-order valence-electron chi connectivity index (χ0n) is 13.8. The molecule has 0 saturated heterocycles. The number of aryl methyl sites for hydroxylation is 2. The third-order valence-electron chi connectivity index (χ3n) is 3.76. The van der Waals surface area contributed by atoms with Gasteiger partial charge in [0.2, 0.25) is 0 Å². The second-order valence-corrected chi connectivity index (χ2v) is 7.40. The topological polar surface area (TPSA) is 67.2 Å². The number of rotatable bonds is 4. The van der Waals surface area contributed by atoms with Crippen LogP contribution in [0, 0.1) is 23.2 Å². The molecule has 0 amide bonds. The summed E-state index contributed by atoms with van der Waals surface area (Å²) in [4.78, 5) is 11.7. The maximum atomic E-state index is 14.7. The Bertz CT molecular complexity index is 1020. The normalized spacial score (nSPS) is 10.8. The predicted octanol–water partition coefficient (Wildman–Crippen LogP) is 5.33. The van der Waals surface area contributed by atoms with Crippen LogP contribution in [-0.2, 0) is 0 Å². The van der Waals surface area contributed by atoms with Gasteiger partial charge in [-0.25, -0.2) is 13.9 Å². The van der Waals surface area contributed by atoms with Gasteiger partial charge in [0.05, 0.1) is 27.7 Å². The first-order valence-corrected chi connectivity index (χ1v) is 9.04. The Hall–Kier alpha value is -2.13. The molecule has 1 aromatic heterocycles. The average Bonchev–Trinajstić information content (AvgIpc) is 2.88. The molecular formula is C18H14ClFIN3O2. The van der Waals surface area contributed by atoms with Gasteiger partial charge in [0.15, 0.2) is 5.82 Å². The molecule has 0 spiro atoms. The molecule has 0 atom stereocenters. The molecule has 3 aromatic rings. The number of halogens is 3. The lowest BCUT2D eigenvalue weighted by molar-refractivity contribution is 0.0698. The van der Waals surface area contributed by atoms with Gasteiger partial charge < -0.3 is 10.4 Å². The lowest BCUT2D eigenvalue weighted by Crippen LogP contribution is -2.09. The van der Waals surface area contributed by atoms with E-state index in [2.05, 4.69) is 33.0 Å².